The van der Waals surface area contributed by atoms with E-state index in [0.717, 1.165) is 10.7 Å². The second-order valence-electron chi connectivity index (χ2n) is 9.20. The fraction of sp³-hybridized carbons (Fsp3) is 0.346. The van der Waals surface area contributed by atoms with Crippen LogP contribution in [0.25, 0.3) is 0 Å². The first-order valence-electron chi connectivity index (χ1n) is 11.9. The molecule has 3 amide bonds. The molecule has 3 aliphatic heterocycles. The number of amides is 3. The number of nitrogens with zero attached hydrogens (tertiary/aromatic N) is 4. The van der Waals surface area contributed by atoms with E-state index in [9.17, 15) is 14.4 Å². The molecular weight excluding hydrogens is 501 g/mol. The topological polar surface area (TPSA) is 76.2 Å². The molecule has 36 heavy (non-hydrogen) atoms. The highest BCUT2D eigenvalue weighted by atomic mass is 35.5. The Bertz CT molecular complexity index is 1240. The summed E-state index contributed by atoms with van der Waals surface area (Å²) in [4.78, 5) is 43.4. The summed E-state index contributed by atoms with van der Waals surface area (Å²) in [6.07, 6.45) is -0.335. The average Bonchev–Trinajstić information content (AvgIpc) is 3.20. The van der Waals surface area contributed by atoms with E-state index >= 15 is 0 Å². The lowest BCUT2D eigenvalue weighted by Crippen LogP contribution is -2.57. The first kappa shape index (κ1) is 24.6. The van der Waals surface area contributed by atoms with Gasteiger partial charge < -0.3 is 15.1 Å². The molecule has 2 fully saturated rings. The SMILES string of the molecule is CC(=O)N1C(=O)CC2NC(C)=C(C(=O)N3CCN(c4ccccc4)CC3)C(c3ccc(Cl)c(Cl)c3)N21. The minimum atomic E-state index is -0.680. The maximum absolute atomic E-state index is 14.0. The number of rotatable bonds is 3. The number of imide groups is 1. The molecule has 0 radical (unpaired) electrons. The van der Waals surface area contributed by atoms with Crippen molar-refractivity contribution >= 4 is 46.6 Å². The quantitative estimate of drug-likeness (QED) is 0.657. The lowest BCUT2D eigenvalue weighted by Gasteiger charge is -2.44. The fourth-order valence-corrected chi connectivity index (χ4v) is 5.59. The Hall–Kier alpha value is -3.07. The molecule has 1 N–H and O–H groups in total. The highest BCUT2D eigenvalue weighted by Gasteiger charge is 2.50. The molecular formula is C26H27Cl2N5O3. The van der Waals surface area contributed by atoms with Gasteiger partial charge in [-0.25, -0.2) is 5.01 Å². The second-order valence-corrected chi connectivity index (χ2v) is 10.0. The Balaban J connectivity index is 1.49. The van der Waals surface area contributed by atoms with Crippen LogP contribution in [0.5, 0.6) is 0 Å². The number of para-hydroxylation sites is 1. The van der Waals surface area contributed by atoms with Crippen molar-refractivity contribution < 1.29 is 14.4 Å². The molecule has 8 nitrogen and oxygen atoms in total. The minimum Gasteiger partial charge on any atom is -0.371 e. The summed E-state index contributed by atoms with van der Waals surface area (Å²) in [5, 5.41) is 6.83. The molecule has 0 saturated carbocycles. The smallest absolute Gasteiger partial charge is 0.253 e. The minimum absolute atomic E-state index is 0.117. The molecule has 3 heterocycles. The van der Waals surface area contributed by atoms with Crippen molar-refractivity contribution in [2.45, 2.75) is 32.5 Å². The molecule has 10 heteroatoms. The molecule has 2 saturated heterocycles. The van der Waals surface area contributed by atoms with Crippen LogP contribution in [0.4, 0.5) is 5.69 Å². The van der Waals surface area contributed by atoms with Crippen LogP contribution in [0.2, 0.25) is 10.0 Å². The van der Waals surface area contributed by atoms with Gasteiger partial charge in [-0.1, -0.05) is 47.5 Å². The van der Waals surface area contributed by atoms with E-state index < -0.39 is 18.1 Å². The van der Waals surface area contributed by atoms with Crippen LogP contribution >= 0.6 is 23.2 Å². The number of hydrogen-bond donors (Lipinski definition) is 1. The van der Waals surface area contributed by atoms with Gasteiger partial charge in [-0.15, -0.1) is 0 Å². The van der Waals surface area contributed by atoms with Crippen LogP contribution in [0, 0.1) is 0 Å². The Morgan fingerprint density at radius 3 is 2.31 bits per heavy atom. The predicted octanol–water partition coefficient (Wildman–Crippen LogP) is 3.58. The van der Waals surface area contributed by atoms with Gasteiger partial charge in [0.2, 0.25) is 11.8 Å². The van der Waals surface area contributed by atoms with Crippen molar-refractivity contribution in [1.29, 1.82) is 0 Å². The van der Waals surface area contributed by atoms with Crippen LogP contribution in [0.15, 0.2) is 59.8 Å². The third-order valence-electron chi connectivity index (χ3n) is 6.96. The van der Waals surface area contributed by atoms with Crippen LogP contribution in [-0.4, -0.2) is 65.0 Å². The zero-order chi connectivity index (χ0) is 25.6. The number of hydrogen-bond acceptors (Lipinski definition) is 6. The van der Waals surface area contributed by atoms with Gasteiger partial charge in [0, 0.05) is 44.5 Å². The van der Waals surface area contributed by atoms with Gasteiger partial charge in [0.05, 0.1) is 28.1 Å². The molecule has 2 aromatic rings. The lowest BCUT2D eigenvalue weighted by molar-refractivity contribution is -0.161. The van der Waals surface area contributed by atoms with Gasteiger partial charge in [-0.2, -0.15) is 5.01 Å². The predicted molar refractivity (Wildman–Crippen MR) is 138 cm³/mol. The summed E-state index contributed by atoms with van der Waals surface area (Å²) in [7, 11) is 0. The van der Waals surface area contributed by atoms with E-state index in [-0.39, 0.29) is 18.2 Å². The van der Waals surface area contributed by atoms with Crippen LogP contribution < -0.4 is 10.2 Å². The maximum Gasteiger partial charge on any atom is 0.253 e. The summed E-state index contributed by atoms with van der Waals surface area (Å²) in [6.45, 7) is 5.71. The van der Waals surface area contributed by atoms with Gasteiger partial charge in [0.25, 0.3) is 5.91 Å². The van der Waals surface area contributed by atoms with E-state index in [0.29, 0.717) is 53.1 Å². The first-order valence-corrected chi connectivity index (χ1v) is 12.6. The van der Waals surface area contributed by atoms with Crippen molar-refractivity contribution in [3.8, 4) is 0 Å². The van der Waals surface area contributed by atoms with Crippen molar-refractivity contribution in [2.24, 2.45) is 0 Å². The molecule has 3 aliphatic rings. The number of nitrogens with one attached hydrogen (secondary N) is 1. The Morgan fingerprint density at radius 1 is 0.972 bits per heavy atom. The Labute approximate surface area is 220 Å². The van der Waals surface area contributed by atoms with Gasteiger partial charge in [0.15, 0.2) is 0 Å². The van der Waals surface area contributed by atoms with E-state index in [1.807, 2.05) is 30.0 Å². The molecule has 5 rings (SSSR count). The summed E-state index contributed by atoms with van der Waals surface area (Å²) in [5.74, 6) is -0.856. The standard InChI is InChI=1S/C26H27Cl2N5O3/c1-16-24(26(36)31-12-10-30(11-13-31)19-6-4-3-5-7-19)25(18-8-9-20(27)21(28)14-18)33-22(29-16)15-23(35)32(33)17(2)34/h3-9,14,22,25,29H,10-13,15H2,1-2H3. The van der Waals surface area contributed by atoms with Gasteiger partial charge in [-0.3, -0.25) is 14.4 Å². The molecule has 0 bridgehead atoms. The molecule has 188 valence electrons. The molecule has 2 aromatic carbocycles. The zero-order valence-corrected chi connectivity index (χ0v) is 21.6. The number of carbonyl (C=O) groups excluding carboxylic acids is 3. The zero-order valence-electron chi connectivity index (χ0n) is 20.1. The van der Waals surface area contributed by atoms with E-state index in [4.69, 9.17) is 23.2 Å². The Kier molecular flexibility index (Phi) is 6.68. The van der Waals surface area contributed by atoms with E-state index in [1.165, 1.54) is 6.92 Å². The lowest BCUT2D eigenvalue weighted by atomic mass is 9.92. The number of hydrazine groups is 1. The highest BCUT2D eigenvalue weighted by Crippen LogP contribution is 2.42. The second kappa shape index (κ2) is 9.76. The molecule has 0 aromatic heterocycles. The summed E-state index contributed by atoms with van der Waals surface area (Å²) in [5.41, 5.74) is 2.98. The van der Waals surface area contributed by atoms with Crippen molar-refractivity contribution in [1.82, 2.24) is 20.2 Å². The number of anilines is 1. The average molecular weight is 528 g/mol. The monoisotopic (exact) mass is 527 g/mol. The third-order valence-corrected chi connectivity index (χ3v) is 7.69. The third kappa shape index (κ3) is 4.34. The summed E-state index contributed by atoms with van der Waals surface area (Å²) in [6, 6.07) is 14.6. The van der Waals surface area contributed by atoms with Crippen molar-refractivity contribution in [3.05, 3.63) is 75.4 Å². The number of halogens is 2. The number of benzene rings is 2. The Morgan fingerprint density at radius 2 is 1.67 bits per heavy atom. The van der Waals surface area contributed by atoms with Gasteiger partial charge in [-0.05, 0) is 36.8 Å². The summed E-state index contributed by atoms with van der Waals surface area (Å²) < 4.78 is 0. The molecule has 0 spiro atoms. The maximum atomic E-state index is 14.0. The molecule has 0 aliphatic carbocycles. The van der Waals surface area contributed by atoms with Crippen LogP contribution in [-0.2, 0) is 14.4 Å². The summed E-state index contributed by atoms with van der Waals surface area (Å²) >= 11 is 12.5. The van der Waals surface area contributed by atoms with Gasteiger partial charge >= 0.3 is 0 Å². The van der Waals surface area contributed by atoms with Gasteiger partial charge in [0.1, 0.15) is 6.17 Å². The van der Waals surface area contributed by atoms with Crippen molar-refractivity contribution in [3.63, 3.8) is 0 Å². The number of carbonyl (C=O) groups is 3. The molecule has 2 unspecified atom stereocenters. The van der Waals surface area contributed by atoms with E-state index in [1.54, 1.807) is 23.2 Å². The number of allylic oxidation sites excluding steroid dienone is 1. The van der Waals surface area contributed by atoms with Crippen molar-refractivity contribution in [2.75, 3.05) is 31.1 Å². The normalized spacial score (nSPS) is 22.6. The highest BCUT2D eigenvalue weighted by molar-refractivity contribution is 6.42. The van der Waals surface area contributed by atoms with E-state index in [2.05, 4.69) is 22.3 Å². The fourth-order valence-electron chi connectivity index (χ4n) is 5.29. The largest absolute Gasteiger partial charge is 0.371 e. The number of fused-ring (bicyclic) bond motifs is 1. The number of piperazine rings is 1. The van der Waals surface area contributed by atoms with Crippen LogP contribution in [0.1, 0.15) is 31.9 Å². The molecule has 2 atom stereocenters. The first-order chi connectivity index (χ1) is 17.3. The van der Waals surface area contributed by atoms with Crippen LogP contribution in [0.3, 0.4) is 0 Å².